The third-order valence-electron chi connectivity index (χ3n) is 4.31. The normalized spacial score (nSPS) is 10.5. The maximum Gasteiger partial charge on any atom is 0.348 e. The highest BCUT2D eigenvalue weighted by atomic mass is 35.5. The molecule has 0 spiro atoms. The molecule has 0 amide bonds. The van der Waals surface area contributed by atoms with E-state index < -0.39 is 11.9 Å². The van der Waals surface area contributed by atoms with Crippen molar-refractivity contribution < 1.29 is 19.1 Å². The molecule has 2 aromatic heterocycles. The smallest absolute Gasteiger partial charge is 0.348 e. The molecule has 0 atom stereocenters. The van der Waals surface area contributed by atoms with E-state index in [0.717, 1.165) is 16.9 Å². The second-order valence-corrected chi connectivity index (χ2v) is 8.54. The fourth-order valence-electron chi connectivity index (χ4n) is 2.93. The molecule has 9 nitrogen and oxygen atoms in total. The van der Waals surface area contributed by atoms with Gasteiger partial charge in [-0.2, -0.15) is 0 Å². The summed E-state index contributed by atoms with van der Waals surface area (Å²) in [7, 11) is 0. The molecule has 3 aromatic rings. The van der Waals surface area contributed by atoms with Crippen molar-refractivity contribution in [3.05, 3.63) is 57.2 Å². The molecule has 0 bridgehead atoms. The second kappa shape index (κ2) is 11.2. The Morgan fingerprint density at radius 1 is 1.18 bits per heavy atom. The van der Waals surface area contributed by atoms with Gasteiger partial charge in [-0.1, -0.05) is 23.7 Å². The Hall–Kier alpha value is -3.02. The monoisotopic (exact) mass is 507 g/mol. The predicted molar refractivity (Wildman–Crippen MR) is 131 cm³/mol. The van der Waals surface area contributed by atoms with E-state index in [4.69, 9.17) is 33.3 Å². The summed E-state index contributed by atoms with van der Waals surface area (Å²) in [6.07, 6.45) is 1.56. The molecule has 0 saturated carbocycles. The van der Waals surface area contributed by atoms with Gasteiger partial charge in [0.15, 0.2) is 5.11 Å². The number of carbonyl (C=O) groups excluding carboxylic acids is 2. The number of hydrogen-bond acceptors (Lipinski definition) is 8. The maximum absolute atomic E-state index is 12.5. The fourth-order valence-corrected chi connectivity index (χ4v) is 4.49. The molecule has 33 heavy (non-hydrogen) atoms. The summed E-state index contributed by atoms with van der Waals surface area (Å²) in [6, 6.07) is 7.44. The van der Waals surface area contributed by atoms with Crippen LogP contribution in [-0.4, -0.2) is 45.0 Å². The van der Waals surface area contributed by atoms with Gasteiger partial charge in [-0.05, 0) is 56.2 Å². The van der Waals surface area contributed by atoms with Crippen LogP contribution in [0, 0.1) is 6.92 Å². The molecule has 0 saturated heterocycles. The van der Waals surface area contributed by atoms with E-state index in [1.165, 1.54) is 0 Å². The summed E-state index contributed by atoms with van der Waals surface area (Å²) < 4.78 is 11.9. The van der Waals surface area contributed by atoms with E-state index in [9.17, 15) is 9.59 Å². The number of hydrogen-bond donors (Lipinski definition) is 2. The van der Waals surface area contributed by atoms with Gasteiger partial charge in [0.25, 0.3) is 0 Å². The van der Waals surface area contributed by atoms with Crippen LogP contribution in [0.15, 0.2) is 30.6 Å². The average molecular weight is 508 g/mol. The zero-order valence-electron chi connectivity index (χ0n) is 18.2. The first-order valence-corrected chi connectivity index (χ1v) is 11.6. The molecule has 0 aliphatic rings. The van der Waals surface area contributed by atoms with Crippen LogP contribution in [-0.2, 0) is 16.0 Å². The number of aromatic nitrogens is 3. The van der Waals surface area contributed by atoms with Crippen LogP contribution in [0.5, 0.6) is 0 Å². The van der Waals surface area contributed by atoms with Crippen LogP contribution >= 0.6 is 35.2 Å². The zero-order chi connectivity index (χ0) is 24.0. The minimum Gasteiger partial charge on any atom is -0.462 e. The average Bonchev–Trinajstić information content (AvgIpc) is 3.32. The summed E-state index contributed by atoms with van der Waals surface area (Å²) in [5, 5.41) is 11.3. The topological polar surface area (TPSA) is 107 Å². The lowest BCUT2D eigenvalue weighted by atomic mass is 10.1. The van der Waals surface area contributed by atoms with Crippen molar-refractivity contribution >= 4 is 63.2 Å². The number of nitrogens with one attached hydrogen (secondary N) is 2. The summed E-state index contributed by atoms with van der Waals surface area (Å²) in [5.74, 6) is -0.805. The van der Waals surface area contributed by atoms with E-state index in [1.54, 1.807) is 37.8 Å². The first kappa shape index (κ1) is 24.6. The van der Waals surface area contributed by atoms with Gasteiger partial charge in [0, 0.05) is 5.02 Å². The van der Waals surface area contributed by atoms with E-state index >= 15 is 0 Å². The number of esters is 2. The summed E-state index contributed by atoms with van der Waals surface area (Å²) >= 11 is 12.4. The lowest BCUT2D eigenvalue weighted by Crippen LogP contribution is -2.21. The minimum atomic E-state index is -0.559. The Morgan fingerprint density at radius 2 is 1.91 bits per heavy atom. The van der Waals surface area contributed by atoms with Crippen molar-refractivity contribution in [3.8, 4) is 0 Å². The van der Waals surface area contributed by atoms with Crippen LogP contribution in [0.4, 0.5) is 10.9 Å². The first-order valence-electron chi connectivity index (χ1n) is 10.0. The Bertz CT molecular complexity index is 1180. The van der Waals surface area contributed by atoms with Crippen LogP contribution < -0.4 is 10.6 Å². The highest BCUT2D eigenvalue weighted by Crippen LogP contribution is 2.34. The Morgan fingerprint density at radius 3 is 2.61 bits per heavy atom. The van der Waals surface area contributed by atoms with Crippen LogP contribution in [0.2, 0.25) is 5.02 Å². The molecular formula is C21H22ClN5O4S2. The first-order chi connectivity index (χ1) is 15.8. The van der Waals surface area contributed by atoms with Gasteiger partial charge in [-0.25, -0.2) is 19.3 Å². The lowest BCUT2D eigenvalue weighted by Gasteiger charge is -2.09. The van der Waals surface area contributed by atoms with Crippen LogP contribution in [0.3, 0.4) is 0 Å². The number of nitrogens with zero attached hydrogens (tertiary/aromatic N) is 3. The molecule has 0 aliphatic heterocycles. The number of halogens is 1. The quantitative estimate of drug-likeness (QED) is 0.336. The largest absolute Gasteiger partial charge is 0.462 e. The van der Waals surface area contributed by atoms with Gasteiger partial charge in [0.1, 0.15) is 16.2 Å². The number of thiophene rings is 1. The number of ether oxygens (including phenoxy) is 2. The molecule has 2 heterocycles. The van der Waals surface area contributed by atoms with Crippen LogP contribution in [0.1, 0.15) is 45.0 Å². The number of thiocarbonyl (C=S) groups is 1. The number of benzene rings is 1. The second-order valence-electron chi connectivity index (χ2n) is 6.68. The molecule has 2 N–H and O–H groups in total. The molecule has 0 radical (unpaired) electrons. The van der Waals surface area contributed by atoms with Gasteiger partial charge in [0.2, 0.25) is 5.95 Å². The Balaban J connectivity index is 1.74. The van der Waals surface area contributed by atoms with Gasteiger partial charge in [-0.15, -0.1) is 16.4 Å². The molecule has 0 aliphatic carbocycles. The molecule has 1 aromatic carbocycles. The summed E-state index contributed by atoms with van der Waals surface area (Å²) in [6.45, 7) is 5.97. The van der Waals surface area contributed by atoms with E-state index in [2.05, 4.69) is 20.7 Å². The van der Waals surface area contributed by atoms with Crippen LogP contribution in [0.25, 0.3) is 0 Å². The van der Waals surface area contributed by atoms with Gasteiger partial charge >= 0.3 is 11.9 Å². The summed E-state index contributed by atoms with van der Waals surface area (Å²) in [4.78, 5) is 29.3. The molecule has 0 unspecified atom stereocenters. The molecule has 12 heteroatoms. The standard InChI is InChI=1S/C21H22ClN5O4S2/c1-4-30-18(28)15-12(3)16(19(29)31-5-2)33-17(15)24-21(32)25-20-23-11-27(26-20)10-13-7-6-8-14(22)9-13/h6-9,11H,4-5,10H2,1-3H3,(H2,24,25,26,32). The number of rotatable bonds is 8. The molecule has 174 valence electrons. The number of carbonyl (C=O) groups is 2. The van der Waals surface area contributed by atoms with Crippen molar-refractivity contribution in [1.29, 1.82) is 0 Å². The van der Waals surface area contributed by atoms with E-state index in [1.807, 2.05) is 18.2 Å². The maximum atomic E-state index is 12.5. The molecule has 3 rings (SSSR count). The van der Waals surface area contributed by atoms with Gasteiger partial charge in [0.05, 0.1) is 25.3 Å². The third-order valence-corrected chi connectivity index (χ3v) is 5.94. The third kappa shape index (κ3) is 6.28. The molecular weight excluding hydrogens is 486 g/mol. The van der Waals surface area contributed by atoms with Crippen molar-refractivity contribution in [3.63, 3.8) is 0 Å². The van der Waals surface area contributed by atoms with Crippen molar-refractivity contribution in [2.24, 2.45) is 0 Å². The highest BCUT2D eigenvalue weighted by Gasteiger charge is 2.27. The zero-order valence-corrected chi connectivity index (χ0v) is 20.6. The van der Waals surface area contributed by atoms with E-state index in [-0.39, 0.29) is 29.8 Å². The number of anilines is 2. The predicted octanol–water partition coefficient (Wildman–Crippen LogP) is 4.51. The van der Waals surface area contributed by atoms with Crippen molar-refractivity contribution in [2.45, 2.75) is 27.3 Å². The fraction of sp³-hybridized carbons (Fsp3) is 0.286. The van der Waals surface area contributed by atoms with Gasteiger partial charge in [-0.3, -0.25) is 5.32 Å². The minimum absolute atomic E-state index is 0.151. The summed E-state index contributed by atoms with van der Waals surface area (Å²) in [5.41, 5.74) is 1.67. The van der Waals surface area contributed by atoms with E-state index in [0.29, 0.717) is 27.0 Å². The van der Waals surface area contributed by atoms with Gasteiger partial charge < -0.3 is 14.8 Å². The van der Waals surface area contributed by atoms with Crippen molar-refractivity contribution in [2.75, 3.05) is 23.8 Å². The van der Waals surface area contributed by atoms with Crippen molar-refractivity contribution in [1.82, 2.24) is 14.8 Å². The molecule has 0 fully saturated rings. The Kier molecular flexibility index (Phi) is 8.37. The Labute approximate surface area is 205 Å². The highest BCUT2D eigenvalue weighted by molar-refractivity contribution is 7.80. The lowest BCUT2D eigenvalue weighted by molar-refractivity contribution is 0.0527. The SMILES string of the molecule is CCOC(=O)c1sc(NC(=S)Nc2ncn(Cc3cccc(Cl)c3)n2)c(C(=O)OCC)c1C.